The summed E-state index contributed by atoms with van der Waals surface area (Å²) in [6, 6.07) is 0. The number of rotatable bonds is 4. The molecule has 1 saturated heterocycles. The van der Waals surface area contributed by atoms with Gasteiger partial charge in [-0.3, -0.25) is 0 Å². The van der Waals surface area contributed by atoms with Crippen LogP contribution in [0.4, 0.5) is 18.9 Å². The quantitative estimate of drug-likeness (QED) is 0.854. The number of hydrogen-bond acceptors (Lipinski definition) is 4. The molecule has 4 nitrogen and oxygen atoms in total. The zero-order valence-corrected chi connectivity index (χ0v) is 12.2. The van der Waals surface area contributed by atoms with E-state index in [-0.39, 0.29) is 30.3 Å². The van der Waals surface area contributed by atoms with E-state index in [4.69, 9.17) is 5.11 Å². The number of halogens is 3. The fourth-order valence-electron chi connectivity index (χ4n) is 2.38. The first-order valence-corrected chi connectivity index (χ1v) is 7.01. The second kappa shape index (κ2) is 6.62. The first-order chi connectivity index (χ1) is 9.93. The van der Waals surface area contributed by atoms with Crippen molar-refractivity contribution in [3.63, 3.8) is 0 Å². The third kappa shape index (κ3) is 3.47. The summed E-state index contributed by atoms with van der Waals surface area (Å²) in [5.41, 5.74) is -0.472. The third-order valence-electron chi connectivity index (χ3n) is 3.76. The number of hydrogen-bond donors (Lipinski definition) is 1. The highest BCUT2D eigenvalue weighted by Crippen LogP contribution is 2.28. The maximum Gasteiger partial charge on any atom is 0.251 e. The van der Waals surface area contributed by atoms with Crippen molar-refractivity contribution in [1.29, 1.82) is 0 Å². The zero-order valence-electron chi connectivity index (χ0n) is 12.2. The van der Waals surface area contributed by atoms with E-state index >= 15 is 0 Å². The summed E-state index contributed by atoms with van der Waals surface area (Å²) in [6.07, 6.45) is 0.0697. The fraction of sp³-hybridized carbons (Fsp3) is 0.643. The number of anilines is 1. The molecule has 7 heteroatoms. The largest absolute Gasteiger partial charge is 0.396 e. The summed E-state index contributed by atoms with van der Waals surface area (Å²) in [7, 11) is 1.92. The van der Waals surface area contributed by atoms with E-state index in [9.17, 15) is 13.2 Å². The van der Waals surface area contributed by atoms with Crippen molar-refractivity contribution in [3.8, 4) is 0 Å². The predicted octanol–water partition coefficient (Wildman–Crippen LogP) is 1.42. The van der Waals surface area contributed by atoms with Crippen LogP contribution >= 0.6 is 0 Å². The molecule has 118 valence electrons. The van der Waals surface area contributed by atoms with E-state index in [1.54, 1.807) is 6.92 Å². The van der Waals surface area contributed by atoms with E-state index in [0.717, 1.165) is 0 Å². The highest BCUT2D eigenvalue weighted by molar-refractivity contribution is 5.50. The van der Waals surface area contributed by atoms with Gasteiger partial charge in [-0.25, -0.2) is 9.37 Å². The molecule has 2 heterocycles. The summed E-state index contributed by atoms with van der Waals surface area (Å²) in [4.78, 5) is 6.92. The Labute approximate surface area is 122 Å². The van der Waals surface area contributed by atoms with Gasteiger partial charge in [-0.15, -0.1) is 0 Å². The van der Waals surface area contributed by atoms with Gasteiger partial charge in [0.05, 0.1) is 5.69 Å². The van der Waals surface area contributed by atoms with Crippen LogP contribution in [0.25, 0.3) is 0 Å². The molecule has 0 saturated carbocycles. The SMILES string of the molecule is CC(CO)Cc1nc(F)c(F)c(N2CCN(C)CC2)c1F. The molecule has 0 radical (unpaired) electrons. The van der Waals surface area contributed by atoms with Gasteiger partial charge in [-0.2, -0.15) is 8.78 Å². The first kappa shape index (κ1) is 16.0. The molecule has 1 N–H and O–H groups in total. The lowest BCUT2D eigenvalue weighted by Gasteiger charge is -2.34. The Morgan fingerprint density at radius 1 is 1.14 bits per heavy atom. The maximum absolute atomic E-state index is 14.5. The number of aliphatic hydroxyl groups excluding tert-OH is 1. The molecule has 1 fully saturated rings. The standard InChI is InChI=1S/C14H20F3N3O/c1-9(8-21)7-10-11(15)13(12(16)14(17)18-10)20-5-3-19(2)4-6-20/h9,21H,3-8H2,1-2H3. The minimum Gasteiger partial charge on any atom is -0.396 e. The average molecular weight is 303 g/mol. The average Bonchev–Trinajstić information content (AvgIpc) is 2.46. The van der Waals surface area contributed by atoms with Crippen LogP contribution in [0.1, 0.15) is 12.6 Å². The van der Waals surface area contributed by atoms with Gasteiger partial charge in [0.25, 0.3) is 5.95 Å². The lowest BCUT2D eigenvalue weighted by atomic mass is 10.0. The molecular weight excluding hydrogens is 283 g/mol. The summed E-state index contributed by atoms with van der Waals surface area (Å²) < 4.78 is 42.1. The van der Waals surface area contributed by atoms with Crippen LogP contribution in [-0.4, -0.2) is 54.8 Å². The van der Waals surface area contributed by atoms with Gasteiger partial charge in [0.1, 0.15) is 5.69 Å². The molecule has 1 aromatic rings. The normalized spacial score (nSPS) is 18.1. The molecule has 1 aliphatic rings. The molecule has 1 atom stereocenters. The van der Waals surface area contributed by atoms with E-state index in [1.807, 2.05) is 11.9 Å². The van der Waals surface area contributed by atoms with Gasteiger partial charge < -0.3 is 14.9 Å². The van der Waals surface area contributed by atoms with Crippen molar-refractivity contribution in [2.75, 3.05) is 44.7 Å². The Kier molecular flexibility index (Phi) is 5.05. The number of piperazine rings is 1. The number of likely N-dealkylation sites (N-methyl/N-ethyl adjacent to an activating group) is 1. The molecule has 0 amide bonds. The lowest BCUT2D eigenvalue weighted by Crippen LogP contribution is -2.45. The van der Waals surface area contributed by atoms with E-state index in [2.05, 4.69) is 4.98 Å². The lowest BCUT2D eigenvalue weighted by molar-refractivity contribution is 0.234. The summed E-state index contributed by atoms with van der Waals surface area (Å²) in [5.74, 6) is -3.61. The molecular formula is C14H20F3N3O. The van der Waals surface area contributed by atoms with Crippen LogP contribution in [0, 0.1) is 23.5 Å². The molecule has 1 aliphatic heterocycles. The molecule has 21 heavy (non-hydrogen) atoms. The molecule has 1 aromatic heterocycles. The van der Waals surface area contributed by atoms with Crippen molar-refractivity contribution in [2.45, 2.75) is 13.3 Å². The van der Waals surface area contributed by atoms with Crippen molar-refractivity contribution in [3.05, 3.63) is 23.3 Å². The van der Waals surface area contributed by atoms with E-state index in [0.29, 0.717) is 26.2 Å². The van der Waals surface area contributed by atoms with Gasteiger partial charge in [0.2, 0.25) is 5.82 Å². The van der Waals surface area contributed by atoms with Gasteiger partial charge in [-0.05, 0) is 19.4 Å². The molecule has 0 spiro atoms. The monoisotopic (exact) mass is 303 g/mol. The number of nitrogens with zero attached hydrogens (tertiary/aromatic N) is 3. The number of pyridine rings is 1. The van der Waals surface area contributed by atoms with Gasteiger partial charge in [-0.1, -0.05) is 6.92 Å². The third-order valence-corrected chi connectivity index (χ3v) is 3.76. The Morgan fingerprint density at radius 3 is 2.33 bits per heavy atom. The molecule has 0 bridgehead atoms. The molecule has 0 aromatic carbocycles. The topological polar surface area (TPSA) is 39.6 Å². The second-order valence-electron chi connectivity index (χ2n) is 5.61. The highest BCUT2D eigenvalue weighted by atomic mass is 19.2. The Morgan fingerprint density at radius 2 is 1.76 bits per heavy atom. The van der Waals surface area contributed by atoms with Crippen LogP contribution in [0.5, 0.6) is 0 Å². The predicted molar refractivity (Wildman–Crippen MR) is 73.8 cm³/mol. The second-order valence-corrected chi connectivity index (χ2v) is 5.61. The van der Waals surface area contributed by atoms with E-state index < -0.39 is 17.6 Å². The number of aromatic nitrogens is 1. The fourth-order valence-corrected chi connectivity index (χ4v) is 2.38. The minimum atomic E-state index is -1.29. The van der Waals surface area contributed by atoms with Crippen LogP contribution in [0.2, 0.25) is 0 Å². The number of aliphatic hydroxyl groups is 1. The van der Waals surface area contributed by atoms with Gasteiger partial charge in [0, 0.05) is 32.8 Å². The van der Waals surface area contributed by atoms with Crippen molar-refractivity contribution >= 4 is 5.69 Å². The Hall–Kier alpha value is -1.34. The molecule has 0 aliphatic carbocycles. The van der Waals surface area contributed by atoms with Crippen LogP contribution < -0.4 is 4.90 Å². The van der Waals surface area contributed by atoms with Crippen LogP contribution in [0.3, 0.4) is 0 Å². The minimum absolute atomic E-state index is 0.0697. The molecule has 2 rings (SSSR count). The van der Waals surface area contributed by atoms with Gasteiger partial charge >= 0.3 is 0 Å². The van der Waals surface area contributed by atoms with Crippen molar-refractivity contribution < 1.29 is 18.3 Å². The summed E-state index contributed by atoms with van der Waals surface area (Å²) in [5, 5.41) is 9.02. The van der Waals surface area contributed by atoms with Crippen molar-refractivity contribution in [2.24, 2.45) is 5.92 Å². The summed E-state index contributed by atoms with van der Waals surface area (Å²) in [6.45, 7) is 3.71. The highest BCUT2D eigenvalue weighted by Gasteiger charge is 2.27. The zero-order chi connectivity index (χ0) is 15.6. The smallest absolute Gasteiger partial charge is 0.251 e. The Bertz CT molecular complexity index is 505. The van der Waals surface area contributed by atoms with Crippen molar-refractivity contribution in [1.82, 2.24) is 9.88 Å². The molecule has 1 unspecified atom stereocenters. The summed E-state index contributed by atoms with van der Waals surface area (Å²) >= 11 is 0. The first-order valence-electron chi connectivity index (χ1n) is 7.01. The van der Waals surface area contributed by atoms with E-state index in [1.165, 1.54) is 4.90 Å². The Balaban J connectivity index is 2.35. The van der Waals surface area contributed by atoms with Crippen LogP contribution in [-0.2, 0) is 6.42 Å². The van der Waals surface area contributed by atoms with Gasteiger partial charge in [0.15, 0.2) is 5.82 Å². The maximum atomic E-state index is 14.5. The van der Waals surface area contributed by atoms with Crippen LogP contribution in [0.15, 0.2) is 0 Å².